The van der Waals surface area contributed by atoms with Gasteiger partial charge in [0.2, 0.25) is 0 Å². The minimum atomic E-state index is 0.781. The van der Waals surface area contributed by atoms with Gasteiger partial charge in [-0.2, -0.15) is 0 Å². The molecule has 0 atom stereocenters. The Balaban J connectivity index is 1.79. The molecule has 21 heavy (non-hydrogen) atoms. The molecule has 2 aromatic carbocycles. The first-order chi connectivity index (χ1) is 10.3. The highest BCUT2D eigenvalue weighted by Crippen LogP contribution is 2.31. The number of benzene rings is 2. The quantitative estimate of drug-likeness (QED) is 0.570. The van der Waals surface area contributed by atoms with E-state index in [4.69, 9.17) is 4.52 Å². The van der Waals surface area contributed by atoms with Crippen molar-refractivity contribution in [1.82, 2.24) is 10.1 Å². The fraction of sp³-hybridized carbons (Fsp3) is 0.0556. The lowest BCUT2D eigenvalue weighted by molar-refractivity contribution is 0.435. The minimum absolute atomic E-state index is 0.781. The molecule has 2 aromatic heterocycles. The zero-order valence-corrected chi connectivity index (χ0v) is 11.6. The van der Waals surface area contributed by atoms with E-state index in [1.807, 2.05) is 24.4 Å². The molecular formula is C18H14N2O. The number of aromatic amines is 1. The first-order valence-electron chi connectivity index (χ1n) is 6.91. The molecule has 3 nitrogen and oxygen atoms in total. The van der Waals surface area contributed by atoms with Crippen LogP contribution in [-0.2, 0) is 0 Å². The number of hydrogen-bond donors (Lipinski definition) is 1. The average molecular weight is 274 g/mol. The Morgan fingerprint density at radius 3 is 2.67 bits per heavy atom. The highest BCUT2D eigenvalue weighted by Gasteiger charge is 2.12. The van der Waals surface area contributed by atoms with Crippen LogP contribution >= 0.6 is 0 Å². The third kappa shape index (κ3) is 2.03. The van der Waals surface area contributed by atoms with E-state index in [1.165, 1.54) is 5.56 Å². The molecule has 4 aromatic rings. The standard InChI is InChI=1S/C18H14N2O/c1-12-6-8-13(9-7-12)17-10-18(21-20-17)15-11-19-16-5-3-2-4-14(15)16/h2-11,19H,1H3. The Hall–Kier alpha value is -2.81. The molecule has 0 spiro atoms. The molecule has 0 saturated carbocycles. The van der Waals surface area contributed by atoms with E-state index in [0.29, 0.717) is 0 Å². The highest BCUT2D eigenvalue weighted by molar-refractivity contribution is 5.94. The van der Waals surface area contributed by atoms with Gasteiger partial charge in [0.15, 0.2) is 5.76 Å². The lowest BCUT2D eigenvalue weighted by Gasteiger charge is -1.95. The Labute approximate surface area is 122 Å². The van der Waals surface area contributed by atoms with Gasteiger partial charge in [-0.05, 0) is 13.0 Å². The zero-order chi connectivity index (χ0) is 14.2. The van der Waals surface area contributed by atoms with Crippen LogP contribution in [-0.4, -0.2) is 10.1 Å². The van der Waals surface area contributed by atoms with Gasteiger partial charge in [-0.3, -0.25) is 0 Å². The van der Waals surface area contributed by atoms with E-state index in [-0.39, 0.29) is 0 Å². The number of para-hydroxylation sites is 1. The van der Waals surface area contributed by atoms with Crippen LogP contribution in [0.3, 0.4) is 0 Å². The van der Waals surface area contributed by atoms with Gasteiger partial charge < -0.3 is 9.51 Å². The molecule has 0 aliphatic carbocycles. The van der Waals surface area contributed by atoms with E-state index in [9.17, 15) is 0 Å². The smallest absolute Gasteiger partial charge is 0.169 e. The summed E-state index contributed by atoms with van der Waals surface area (Å²) < 4.78 is 5.53. The molecular weight excluding hydrogens is 260 g/mol. The summed E-state index contributed by atoms with van der Waals surface area (Å²) >= 11 is 0. The predicted molar refractivity (Wildman–Crippen MR) is 84.0 cm³/mol. The van der Waals surface area contributed by atoms with E-state index >= 15 is 0 Å². The maximum absolute atomic E-state index is 5.53. The Bertz CT molecular complexity index is 900. The monoisotopic (exact) mass is 274 g/mol. The fourth-order valence-corrected chi connectivity index (χ4v) is 2.54. The Morgan fingerprint density at radius 1 is 1.00 bits per heavy atom. The molecule has 0 bridgehead atoms. The second-order valence-electron chi connectivity index (χ2n) is 5.19. The first kappa shape index (κ1) is 12.0. The number of hydrogen-bond acceptors (Lipinski definition) is 2. The number of nitrogens with zero attached hydrogens (tertiary/aromatic N) is 1. The second-order valence-corrected chi connectivity index (χ2v) is 5.19. The maximum Gasteiger partial charge on any atom is 0.169 e. The van der Waals surface area contributed by atoms with E-state index in [1.54, 1.807) is 0 Å². The van der Waals surface area contributed by atoms with Gasteiger partial charge in [-0.25, -0.2) is 0 Å². The molecule has 0 aliphatic rings. The molecule has 2 heterocycles. The van der Waals surface area contributed by atoms with Gasteiger partial charge in [0.1, 0.15) is 5.69 Å². The summed E-state index contributed by atoms with van der Waals surface area (Å²) in [5.41, 5.74) is 5.29. The van der Waals surface area contributed by atoms with Gasteiger partial charge in [0.05, 0.1) is 0 Å². The summed E-state index contributed by atoms with van der Waals surface area (Å²) in [6.07, 6.45) is 1.96. The Morgan fingerprint density at radius 2 is 1.81 bits per heavy atom. The van der Waals surface area contributed by atoms with Crippen molar-refractivity contribution in [2.45, 2.75) is 6.92 Å². The van der Waals surface area contributed by atoms with Crippen LogP contribution in [0.25, 0.3) is 33.5 Å². The van der Waals surface area contributed by atoms with Crippen molar-refractivity contribution >= 4 is 10.9 Å². The molecule has 0 saturated heterocycles. The summed E-state index contributed by atoms with van der Waals surface area (Å²) in [6.45, 7) is 2.07. The van der Waals surface area contributed by atoms with Crippen molar-refractivity contribution < 1.29 is 4.52 Å². The normalized spacial score (nSPS) is 11.1. The van der Waals surface area contributed by atoms with Crippen LogP contribution in [0.5, 0.6) is 0 Å². The molecule has 0 aliphatic heterocycles. The average Bonchev–Trinajstić information content (AvgIpc) is 3.14. The van der Waals surface area contributed by atoms with Crippen molar-refractivity contribution in [2.75, 3.05) is 0 Å². The molecule has 4 rings (SSSR count). The van der Waals surface area contributed by atoms with Gasteiger partial charge in [-0.15, -0.1) is 0 Å². The molecule has 102 valence electrons. The van der Waals surface area contributed by atoms with Crippen molar-refractivity contribution in [3.05, 3.63) is 66.4 Å². The lowest BCUT2D eigenvalue weighted by Crippen LogP contribution is -1.77. The van der Waals surface area contributed by atoms with E-state index in [2.05, 4.69) is 53.5 Å². The zero-order valence-electron chi connectivity index (χ0n) is 11.6. The maximum atomic E-state index is 5.53. The first-order valence-corrected chi connectivity index (χ1v) is 6.91. The van der Waals surface area contributed by atoms with Gasteiger partial charge in [0.25, 0.3) is 0 Å². The number of rotatable bonds is 2. The van der Waals surface area contributed by atoms with E-state index < -0.39 is 0 Å². The van der Waals surface area contributed by atoms with Crippen LogP contribution in [0.4, 0.5) is 0 Å². The number of aryl methyl sites for hydroxylation is 1. The SMILES string of the molecule is Cc1ccc(-c2cc(-c3c[nH]c4ccccc34)on2)cc1. The van der Waals surface area contributed by atoms with Crippen molar-refractivity contribution in [3.63, 3.8) is 0 Å². The highest BCUT2D eigenvalue weighted by atomic mass is 16.5. The number of fused-ring (bicyclic) bond motifs is 1. The van der Waals surface area contributed by atoms with Crippen LogP contribution in [0.15, 0.2) is 65.3 Å². The second kappa shape index (κ2) is 4.63. The van der Waals surface area contributed by atoms with Crippen LogP contribution in [0.2, 0.25) is 0 Å². The van der Waals surface area contributed by atoms with Crippen LogP contribution in [0.1, 0.15) is 5.56 Å². The Kier molecular flexibility index (Phi) is 2.64. The summed E-state index contributed by atoms with van der Waals surface area (Å²) in [5, 5.41) is 5.33. The molecule has 0 fully saturated rings. The van der Waals surface area contributed by atoms with Gasteiger partial charge in [0, 0.05) is 34.3 Å². The number of aromatic nitrogens is 2. The molecule has 0 unspecified atom stereocenters. The number of nitrogens with one attached hydrogen (secondary N) is 1. The summed E-state index contributed by atoms with van der Waals surface area (Å²) in [7, 11) is 0. The lowest BCUT2D eigenvalue weighted by atomic mass is 10.1. The summed E-state index contributed by atoms with van der Waals surface area (Å²) in [5.74, 6) is 0.781. The largest absolute Gasteiger partial charge is 0.360 e. The summed E-state index contributed by atoms with van der Waals surface area (Å²) in [4.78, 5) is 3.26. The van der Waals surface area contributed by atoms with Gasteiger partial charge in [-0.1, -0.05) is 53.2 Å². The van der Waals surface area contributed by atoms with Crippen molar-refractivity contribution in [3.8, 4) is 22.6 Å². The fourth-order valence-electron chi connectivity index (χ4n) is 2.54. The van der Waals surface area contributed by atoms with E-state index in [0.717, 1.165) is 33.5 Å². The topological polar surface area (TPSA) is 41.8 Å². The van der Waals surface area contributed by atoms with Crippen LogP contribution < -0.4 is 0 Å². The van der Waals surface area contributed by atoms with Crippen molar-refractivity contribution in [1.29, 1.82) is 0 Å². The van der Waals surface area contributed by atoms with Crippen LogP contribution in [0, 0.1) is 6.92 Å². The number of H-pyrrole nitrogens is 1. The van der Waals surface area contributed by atoms with Gasteiger partial charge >= 0.3 is 0 Å². The molecule has 0 amide bonds. The third-order valence-corrected chi connectivity index (χ3v) is 3.71. The predicted octanol–water partition coefficient (Wildman–Crippen LogP) is 4.80. The van der Waals surface area contributed by atoms with Crippen molar-refractivity contribution in [2.24, 2.45) is 0 Å². The molecule has 3 heteroatoms. The minimum Gasteiger partial charge on any atom is -0.360 e. The summed E-state index contributed by atoms with van der Waals surface area (Å²) in [6, 6.07) is 18.4. The molecule has 0 radical (unpaired) electrons. The molecule has 1 N–H and O–H groups in total. The third-order valence-electron chi connectivity index (χ3n) is 3.71.